The Morgan fingerprint density at radius 1 is 1.21 bits per heavy atom. The molecule has 1 heterocycles. The summed E-state index contributed by atoms with van der Waals surface area (Å²) in [5.74, 6) is 0.747. The predicted octanol–water partition coefficient (Wildman–Crippen LogP) is 4.98. The van der Waals surface area contributed by atoms with Crippen LogP contribution in [0.1, 0.15) is 16.7 Å². The van der Waals surface area contributed by atoms with Gasteiger partial charge >= 0.3 is 0 Å². The van der Waals surface area contributed by atoms with Gasteiger partial charge in [0, 0.05) is 10.6 Å². The Balaban J connectivity index is 1.91. The fourth-order valence-electron chi connectivity index (χ4n) is 2.70. The Hall–Kier alpha value is -2.70. The minimum atomic E-state index is -0.401. The average Bonchev–Trinajstić information content (AvgIpc) is 2.99. The Bertz CT molecular complexity index is 954. The number of hydrogen-bond donors (Lipinski definition) is 1. The lowest BCUT2D eigenvalue weighted by molar-refractivity contribution is -0.115. The molecule has 0 radical (unpaired) electrons. The molecular weight excluding hydrogens is 398 g/mol. The number of rotatable bonds is 7. The van der Waals surface area contributed by atoms with Crippen molar-refractivity contribution in [3.8, 4) is 11.5 Å². The first-order valence-electron chi connectivity index (χ1n) is 8.44. The highest BCUT2D eigenvalue weighted by Crippen LogP contribution is 2.36. The van der Waals surface area contributed by atoms with Crippen molar-refractivity contribution in [2.45, 2.75) is 13.0 Å². The fraction of sp³-hybridized carbons (Fsp3) is 0.143. The highest BCUT2D eigenvalue weighted by Gasteiger charge is 2.25. The van der Waals surface area contributed by atoms with Gasteiger partial charge in [-0.2, -0.15) is 0 Å². The molecule has 2 amide bonds. The molecule has 0 unspecified atom stereocenters. The molecule has 0 aliphatic carbocycles. The van der Waals surface area contributed by atoms with Gasteiger partial charge in [0.25, 0.3) is 11.1 Å². The van der Waals surface area contributed by atoms with Gasteiger partial charge in [-0.05, 0) is 59.7 Å². The van der Waals surface area contributed by atoms with Crippen LogP contribution in [0.3, 0.4) is 0 Å². The molecule has 28 heavy (non-hydrogen) atoms. The molecule has 1 aliphatic heterocycles. The molecule has 5 nitrogen and oxygen atoms in total. The molecule has 144 valence electrons. The Morgan fingerprint density at radius 3 is 2.57 bits per heavy atom. The van der Waals surface area contributed by atoms with Crippen molar-refractivity contribution >= 4 is 40.6 Å². The summed E-state index contributed by atoms with van der Waals surface area (Å²) < 4.78 is 11.5. The van der Waals surface area contributed by atoms with Gasteiger partial charge < -0.3 is 9.47 Å². The van der Waals surface area contributed by atoms with Crippen LogP contribution in [0.15, 0.2) is 54.0 Å². The number of allylic oxidation sites excluding steroid dienone is 1. The molecule has 7 heteroatoms. The number of imide groups is 1. The molecule has 0 saturated carbocycles. The maximum atomic E-state index is 11.8. The van der Waals surface area contributed by atoms with E-state index in [1.165, 1.54) is 0 Å². The van der Waals surface area contributed by atoms with Gasteiger partial charge in [-0.15, -0.1) is 6.58 Å². The van der Waals surface area contributed by atoms with Gasteiger partial charge in [0.2, 0.25) is 0 Å². The van der Waals surface area contributed by atoms with Crippen LogP contribution in [0.5, 0.6) is 11.5 Å². The van der Waals surface area contributed by atoms with E-state index in [2.05, 4.69) is 11.9 Å². The average molecular weight is 416 g/mol. The second kappa shape index (κ2) is 8.99. The second-order valence-electron chi connectivity index (χ2n) is 5.97. The largest absolute Gasteiger partial charge is 0.493 e. The molecule has 1 fully saturated rings. The summed E-state index contributed by atoms with van der Waals surface area (Å²) in [4.78, 5) is 23.5. The number of halogens is 1. The number of amides is 2. The molecule has 1 N–H and O–H groups in total. The van der Waals surface area contributed by atoms with E-state index in [9.17, 15) is 9.59 Å². The number of methoxy groups -OCH3 is 1. The predicted molar refractivity (Wildman–Crippen MR) is 112 cm³/mol. The van der Waals surface area contributed by atoms with Crippen LogP contribution < -0.4 is 14.8 Å². The van der Waals surface area contributed by atoms with Crippen LogP contribution in [-0.4, -0.2) is 18.3 Å². The van der Waals surface area contributed by atoms with E-state index in [1.807, 2.05) is 30.3 Å². The summed E-state index contributed by atoms with van der Waals surface area (Å²) in [6.45, 7) is 4.15. The molecule has 3 rings (SSSR count). The van der Waals surface area contributed by atoms with E-state index in [-0.39, 0.29) is 5.24 Å². The third kappa shape index (κ3) is 4.77. The smallest absolute Gasteiger partial charge is 0.290 e. The molecule has 0 spiro atoms. The van der Waals surface area contributed by atoms with E-state index < -0.39 is 5.91 Å². The first-order chi connectivity index (χ1) is 13.5. The van der Waals surface area contributed by atoms with Crippen LogP contribution in [0, 0.1) is 0 Å². The topological polar surface area (TPSA) is 64.6 Å². The monoisotopic (exact) mass is 415 g/mol. The highest BCUT2D eigenvalue weighted by molar-refractivity contribution is 8.18. The van der Waals surface area contributed by atoms with E-state index in [0.29, 0.717) is 34.5 Å². The van der Waals surface area contributed by atoms with Crippen LogP contribution in [0.4, 0.5) is 4.79 Å². The quantitative estimate of drug-likeness (QED) is 0.510. The zero-order chi connectivity index (χ0) is 20.1. The van der Waals surface area contributed by atoms with Crippen molar-refractivity contribution in [1.29, 1.82) is 0 Å². The van der Waals surface area contributed by atoms with Crippen molar-refractivity contribution in [1.82, 2.24) is 5.32 Å². The molecule has 2 aromatic carbocycles. The second-order valence-corrected chi connectivity index (χ2v) is 7.42. The van der Waals surface area contributed by atoms with Crippen LogP contribution in [0.2, 0.25) is 5.02 Å². The first-order valence-corrected chi connectivity index (χ1v) is 9.63. The number of ether oxygens (including phenoxy) is 2. The number of carbonyl (C=O) groups is 2. The van der Waals surface area contributed by atoms with Crippen molar-refractivity contribution in [3.63, 3.8) is 0 Å². The summed E-state index contributed by atoms with van der Waals surface area (Å²) in [5.41, 5.74) is 2.57. The lowest BCUT2D eigenvalue weighted by atomic mass is 10.0. The molecule has 1 aliphatic rings. The van der Waals surface area contributed by atoms with Gasteiger partial charge in [-0.3, -0.25) is 14.9 Å². The summed E-state index contributed by atoms with van der Waals surface area (Å²) in [6, 6.07) is 11.1. The third-order valence-corrected chi connectivity index (χ3v) is 5.04. The van der Waals surface area contributed by atoms with E-state index in [4.69, 9.17) is 21.1 Å². The summed E-state index contributed by atoms with van der Waals surface area (Å²) >= 11 is 6.79. The normalized spacial score (nSPS) is 14.9. The molecule has 0 aromatic heterocycles. The van der Waals surface area contributed by atoms with E-state index >= 15 is 0 Å². The lowest BCUT2D eigenvalue weighted by Gasteiger charge is -2.16. The zero-order valence-corrected chi connectivity index (χ0v) is 16.7. The van der Waals surface area contributed by atoms with Crippen molar-refractivity contribution in [2.75, 3.05) is 7.11 Å². The van der Waals surface area contributed by atoms with Crippen LogP contribution in [-0.2, 0) is 17.8 Å². The maximum absolute atomic E-state index is 11.8. The summed E-state index contributed by atoms with van der Waals surface area (Å²) in [7, 11) is 1.56. The van der Waals surface area contributed by atoms with Crippen LogP contribution in [0.25, 0.3) is 6.08 Å². The molecule has 2 aromatic rings. The van der Waals surface area contributed by atoms with E-state index in [1.54, 1.807) is 25.3 Å². The number of hydrogen-bond acceptors (Lipinski definition) is 5. The fourth-order valence-corrected chi connectivity index (χ4v) is 3.51. The number of nitrogens with one attached hydrogen (secondary N) is 1. The SMILES string of the molecule is C=CCc1cc(/C=C2\SC(=O)NC2=O)cc(OC)c1OCc1ccc(Cl)cc1. The van der Waals surface area contributed by atoms with Gasteiger partial charge in [0.15, 0.2) is 11.5 Å². The van der Waals surface area contributed by atoms with Crippen molar-refractivity contribution in [3.05, 3.63) is 75.7 Å². The standard InChI is InChI=1S/C21H18ClNO4S/c1-3-4-15-9-14(11-18-20(24)23-21(25)28-18)10-17(26-2)19(15)27-12-13-5-7-16(22)8-6-13/h3,5-11H,1,4,12H2,2H3,(H,23,24,25)/b18-11-. The zero-order valence-electron chi connectivity index (χ0n) is 15.2. The van der Waals surface area contributed by atoms with Gasteiger partial charge in [-0.1, -0.05) is 29.8 Å². The minimum Gasteiger partial charge on any atom is -0.493 e. The Kier molecular flexibility index (Phi) is 6.44. The first kappa shape index (κ1) is 20.0. The van der Waals surface area contributed by atoms with E-state index in [0.717, 1.165) is 28.5 Å². The number of thioether (sulfide) groups is 1. The highest BCUT2D eigenvalue weighted by atomic mass is 35.5. The lowest BCUT2D eigenvalue weighted by Crippen LogP contribution is -2.17. The summed E-state index contributed by atoms with van der Waals surface area (Å²) in [5, 5.41) is 2.53. The molecular formula is C21H18ClNO4S. The minimum absolute atomic E-state index is 0.339. The van der Waals surface area contributed by atoms with Crippen molar-refractivity contribution < 1.29 is 19.1 Å². The van der Waals surface area contributed by atoms with Gasteiger partial charge in [0.05, 0.1) is 12.0 Å². The van der Waals surface area contributed by atoms with Gasteiger partial charge in [0.1, 0.15) is 6.61 Å². The Morgan fingerprint density at radius 2 is 1.96 bits per heavy atom. The molecule has 0 bridgehead atoms. The third-order valence-electron chi connectivity index (χ3n) is 3.97. The van der Waals surface area contributed by atoms with Gasteiger partial charge in [-0.25, -0.2) is 0 Å². The maximum Gasteiger partial charge on any atom is 0.290 e. The number of benzene rings is 2. The van der Waals surface area contributed by atoms with Crippen LogP contribution >= 0.6 is 23.4 Å². The molecule has 1 saturated heterocycles. The molecule has 0 atom stereocenters. The summed E-state index contributed by atoms with van der Waals surface area (Å²) in [6.07, 6.45) is 3.98. The Labute approximate surface area is 172 Å². The number of carbonyl (C=O) groups excluding carboxylic acids is 2. The van der Waals surface area contributed by atoms with Crippen molar-refractivity contribution in [2.24, 2.45) is 0 Å².